The molecule has 0 rings (SSSR count). The molecule has 0 aromatic rings. The van der Waals surface area contributed by atoms with Crippen molar-refractivity contribution in [1.29, 1.82) is 0 Å². The standard InChI is InChI=1S/C10H21N3O2/c1-5-13(6-7(11)14)9(15)8(12)10(2,3)4/h8H,5-6,12H2,1-4H3,(H2,11,14). The lowest BCUT2D eigenvalue weighted by Crippen LogP contribution is -2.52. The van der Waals surface area contributed by atoms with E-state index >= 15 is 0 Å². The van der Waals surface area contributed by atoms with Crippen LogP contribution in [-0.2, 0) is 9.59 Å². The Morgan fingerprint density at radius 2 is 1.80 bits per heavy atom. The minimum atomic E-state index is -0.614. The van der Waals surface area contributed by atoms with Crippen LogP contribution >= 0.6 is 0 Å². The fourth-order valence-electron chi connectivity index (χ4n) is 1.10. The van der Waals surface area contributed by atoms with Crippen LogP contribution in [0.5, 0.6) is 0 Å². The summed E-state index contributed by atoms with van der Waals surface area (Å²) >= 11 is 0. The van der Waals surface area contributed by atoms with E-state index in [0.29, 0.717) is 6.54 Å². The second kappa shape index (κ2) is 5.11. The number of carbonyl (C=O) groups is 2. The summed E-state index contributed by atoms with van der Waals surface area (Å²) in [6.07, 6.45) is 0. The maximum Gasteiger partial charge on any atom is 0.240 e. The van der Waals surface area contributed by atoms with Gasteiger partial charge in [-0.15, -0.1) is 0 Å². The molecule has 88 valence electrons. The van der Waals surface area contributed by atoms with E-state index in [2.05, 4.69) is 0 Å². The van der Waals surface area contributed by atoms with Crippen LogP contribution in [0.25, 0.3) is 0 Å². The van der Waals surface area contributed by atoms with Crippen molar-refractivity contribution in [3.63, 3.8) is 0 Å². The fourth-order valence-corrected chi connectivity index (χ4v) is 1.10. The number of nitrogens with two attached hydrogens (primary N) is 2. The van der Waals surface area contributed by atoms with Crippen molar-refractivity contribution >= 4 is 11.8 Å². The minimum absolute atomic E-state index is 0.0703. The van der Waals surface area contributed by atoms with Gasteiger partial charge in [-0.05, 0) is 12.3 Å². The van der Waals surface area contributed by atoms with E-state index in [0.717, 1.165) is 0 Å². The van der Waals surface area contributed by atoms with Crippen LogP contribution in [0.4, 0.5) is 0 Å². The lowest BCUT2D eigenvalue weighted by Gasteiger charge is -2.30. The molecule has 15 heavy (non-hydrogen) atoms. The van der Waals surface area contributed by atoms with Gasteiger partial charge in [0.05, 0.1) is 12.6 Å². The van der Waals surface area contributed by atoms with Crippen LogP contribution in [0, 0.1) is 5.41 Å². The predicted molar refractivity (Wildman–Crippen MR) is 58.9 cm³/mol. The Hall–Kier alpha value is -1.10. The van der Waals surface area contributed by atoms with Crippen molar-refractivity contribution in [2.45, 2.75) is 33.7 Å². The maximum absolute atomic E-state index is 11.8. The Balaban J connectivity index is 4.59. The first-order chi connectivity index (χ1) is 6.70. The molecular formula is C10H21N3O2. The van der Waals surface area contributed by atoms with Gasteiger partial charge in [-0.2, -0.15) is 0 Å². The largest absolute Gasteiger partial charge is 0.368 e. The van der Waals surface area contributed by atoms with Gasteiger partial charge < -0.3 is 16.4 Å². The molecule has 0 aliphatic rings. The van der Waals surface area contributed by atoms with E-state index in [-0.39, 0.29) is 17.9 Å². The molecule has 2 amide bonds. The fraction of sp³-hybridized carbons (Fsp3) is 0.800. The second-order valence-electron chi connectivity index (χ2n) is 4.66. The van der Waals surface area contributed by atoms with E-state index in [1.54, 1.807) is 6.92 Å². The summed E-state index contributed by atoms with van der Waals surface area (Å²) in [5.41, 5.74) is 10.5. The Bertz CT molecular complexity index is 246. The Morgan fingerprint density at radius 1 is 1.33 bits per heavy atom. The third-order valence-corrected chi connectivity index (χ3v) is 2.24. The number of rotatable bonds is 4. The smallest absolute Gasteiger partial charge is 0.240 e. The van der Waals surface area contributed by atoms with Crippen molar-refractivity contribution in [2.24, 2.45) is 16.9 Å². The Morgan fingerprint density at radius 3 is 2.07 bits per heavy atom. The van der Waals surface area contributed by atoms with Crippen molar-refractivity contribution in [1.82, 2.24) is 4.90 Å². The van der Waals surface area contributed by atoms with Crippen molar-refractivity contribution in [2.75, 3.05) is 13.1 Å². The summed E-state index contributed by atoms with van der Waals surface area (Å²) < 4.78 is 0. The zero-order valence-electron chi connectivity index (χ0n) is 9.91. The highest BCUT2D eigenvalue weighted by Crippen LogP contribution is 2.18. The molecule has 4 N–H and O–H groups in total. The van der Waals surface area contributed by atoms with Gasteiger partial charge in [0.2, 0.25) is 11.8 Å². The van der Waals surface area contributed by atoms with Gasteiger partial charge in [0.15, 0.2) is 0 Å². The van der Waals surface area contributed by atoms with Crippen LogP contribution in [0.15, 0.2) is 0 Å². The molecule has 0 heterocycles. The molecule has 0 saturated carbocycles. The molecule has 0 aromatic heterocycles. The van der Waals surface area contributed by atoms with Gasteiger partial charge in [0.1, 0.15) is 0 Å². The second-order valence-corrected chi connectivity index (χ2v) is 4.66. The summed E-state index contributed by atoms with van der Waals surface area (Å²) in [4.78, 5) is 24.0. The van der Waals surface area contributed by atoms with Crippen LogP contribution in [0.2, 0.25) is 0 Å². The molecule has 0 bridgehead atoms. The Labute approximate surface area is 90.8 Å². The molecule has 0 fully saturated rings. The molecule has 0 aliphatic heterocycles. The topological polar surface area (TPSA) is 89.4 Å². The van der Waals surface area contributed by atoms with Crippen molar-refractivity contribution in [3.8, 4) is 0 Å². The first-order valence-electron chi connectivity index (χ1n) is 5.02. The van der Waals surface area contributed by atoms with Gasteiger partial charge in [-0.1, -0.05) is 20.8 Å². The average molecular weight is 215 g/mol. The predicted octanol–water partition coefficient (Wildman–Crippen LogP) is -0.306. The van der Waals surface area contributed by atoms with Crippen molar-refractivity contribution < 1.29 is 9.59 Å². The van der Waals surface area contributed by atoms with Gasteiger partial charge >= 0.3 is 0 Å². The van der Waals surface area contributed by atoms with Crippen LogP contribution in [0.3, 0.4) is 0 Å². The number of likely N-dealkylation sites (N-methyl/N-ethyl adjacent to an activating group) is 1. The molecule has 0 aliphatic carbocycles. The Kier molecular flexibility index (Phi) is 4.74. The quantitative estimate of drug-likeness (QED) is 0.674. The van der Waals surface area contributed by atoms with Gasteiger partial charge in [0.25, 0.3) is 0 Å². The number of amides is 2. The lowest BCUT2D eigenvalue weighted by molar-refractivity contribution is -0.138. The first-order valence-corrected chi connectivity index (χ1v) is 5.02. The normalized spacial score (nSPS) is 13.4. The average Bonchev–Trinajstić information content (AvgIpc) is 2.10. The van der Waals surface area contributed by atoms with Gasteiger partial charge in [-0.3, -0.25) is 9.59 Å². The number of primary amides is 1. The van der Waals surface area contributed by atoms with Crippen molar-refractivity contribution in [3.05, 3.63) is 0 Å². The molecule has 0 spiro atoms. The highest BCUT2D eigenvalue weighted by atomic mass is 16.2. The van der Waals surface area contributed by atoms with E-state index in [9.17, 15) is 9.59 Å². The number of hydrogen-bond acceptors (Lipinski definition) is 3. The van der Waals surface area contributed by atoms with Gasteiger partial charge in [0, 0.05) is 6.54 Å². The summed E-state index contributed by atoms with van der Waals surface area (Å²) in [5, 5.41) is 0. The molecule has 1 unspecified atom stereocenters. The van der Waals surface area contributed by atoms with E-state index in [4.69, 9.17) is 11.5 Å². The lowest BCUT2D eigenvalue weighted by atomic mass is 9.86. The van der Waals surface area contributed by atoms with E-state index in [1.807, 2.05) is 20.8 Å². The number of carbonyl (C=O) groups excluding carboxylic acids is 2. The summed E-state index contributed by atoms with van der Waals surface area (Å²) in [7, 11) is 0. The highest BCUT2D eigenvalue weighted by molar-refractivity contribution is 5.87. The van der Waals surface area contributed by atoms with E-state index in [1.165, 1.54) is 4.90 Å². The molecule has 0 saturated heterocycles. The molecule has 1 atom stereocenters. The van der Waals surface area contributed by atoms with Crippen LogP contribution in [-0.4, -0.2) is 35.8 Å². The van der Waals surface area contributed by atoms with Crippen LogP contribution in [0.1, 0.15) is 27.7 Å². The summed E-state index contributed by atoms with van der Waals surface area (Å²) in [6, 6.07) is -0.614. The third-order valence-electron chi connectivity index (χ3n) is 2.24. The molecule has 5 nitrogen and oxygen atoms in total. The highest BCUT2D eigenvalue weighted by Gasteiger charge is 2.30. The zero-order chi connectivity index (χ0) is 12.2. The molecule has 0 radical (unpaired) electrons. The first kappa shape index (κ1) is 13.9. The van der Waals surface area contributed by atoms with Gasteiger partial charge in [-0.25, -0.2) is 0 Å². The monoisotopic (exact) mass is 215 g/mol. The zero-order valence-corrected chi connectivity index (χ0v) is 9.91. The van der Waals surface area contributed by atoms with Crippen LogP contribution < -0.4 is 11.5 Å². The van der Waals surface area contributed by atoms with E-state index < -0.39 is 11.9 Å². The SMILES string of the molecule is CCN(CC(N)=O)C(=O)C(N)C(C)(C)C. The molecular weight excluding hydrogens is 194 g/mol. The summed E-state index contributed by atoms with van der Waals surface area (Å²) in [5.74, 6) is -0.755. The maximum atomic E-state index is 11.8. The number of nitrogens with zero attached hydrogens (tertiary/aromatic N) is 1. The number of hydrogen-bond donors (Lipinski definition) is 2. The molecule has 0 aromatic carbocycles. The minimum Gasteiger partial charge on any atom is -0.368 e. The molecule has 5 heteroatoms. The summed E-state index contributed by atoms with van der Waals surface area (Å²) in [6.45, 7) is 7.80. The third kappa shape index (κ3) is 4.29.